The van der Waals surface area contributed by atoms with Crippen LogP contribution in [-0.4, -0.2) is 6.54 Å². The number of nitrogens with one attached hydrogen (secondary N) is 1. The lowest BCUT2D eigenvalue weighted by Gasteiger charge is -2.04. The summed E-state index contributed by atoms with van der Waals surface area (Å²) in [6.07, 6.45) is 0. The van der Waals surface area contributed by atoms with Crippen molar-refractivity contribution in [2.24, 2.45) is 0 Å². The standard InChI is InChI=1S/C15H10F3N/c16-12-8-9-13(15(18)14(12)17)19-10-4-7-11-5-2-1-3-6-11/h1-3,5-6,8-9,19H,10H2. The van der Waals surface area contributed by atoms with E-state index in [1.807, 2.05) is 30.3 Å². The third kappa shape index (κ3) is 3.29. The van der Waals surface area contributed by atoms with Crippen LogP contribution >= 0.6 is 0 Å². The number of halogens is 3. The minimum atomic E-state index is -1.49. The van der Waals surface area contributed by atoms with E-state index in [2.05, 4.69) is 17.2 Å². The largest absolute Gasteiger partial charge is 0.372 e. The minimum Gasteiger partial charge on any atom is -0.372 e. The quantitative estimate of drug-likeness (QED) is 0.643. The highest BCUT2D eigenvalue weighted by Crippen LogP contribution is 2.19. The zero-order chi connectivity index (χ0) is 13.7. The molecule has 4 heteroatoms. The van der Waals surface area contributed by atoms with Gasteiger partial charge in [-0.3, -0.25) is 0 Å². The van der Waals surface area contributed by atoms with Crippen LogP contribution in [0.25, 0.3) is 0 Å². The Bertz CT molecular complexity index is 627. The second kappa shape index (κ2) is 5.96. The van der Waals surface area contributed by atoms with Crippen LogP contribution in [0.1, 0.15) is 5.56 Å². The first-order valence-corrected chi connectivity index (χ1v) is 5.60. The average Bonchev–Trinajstić information content (AvgIpc) is 2.44. The molecule has 0 fully saturated rings. The molecule has 2 aromatic carbocycles. The van der Waals surface area contributed by atoms with E-state index in [9.17, 15) is 13.2 Å². The zero-order valence-corrected chi connectivity index (χ0v) is 9.88. The van der Waals surface area contributed by atoms with Gasteiger partial charge in [-0.15, -0.1) is 0 Å². The van der Waals surface area contributed by atoms with Gasteiger partial charge in [-0.1, -0.05) is 30.0 Å². The maximum Gasteiger partial charge on any atom is 0.196 e. The fraction of sp³-hybridized carbons (Fsp3) is 0.0667. The maximum atomic E-state index is 13.3. The highest BCUT2D eigenvalue weighted by molar-refractivity contribution is 5.47. The van der Waals surface area contributed by atoms with Gasteiger partial charge in [0.1, 0.15) is 0 Å². The summed E-state index contributed by atoms with van der Waals surface area (Å²) in [6.45, 7) is 0.136. The smallest absolute Gasteiger partial charge is 0.196 e. The van der Waals surface area contributed by atoms with Crippen molar-refractivity contribution >= 4 is 5.69 Å². The molecule has 0 atom stereocenters. The van der Waals surface area contributed by atoms with Gasteiger partial charge in [0.05, 0.1) is 12.2 Å². The van der Waals surface area contributed by atoms with E-state index in [0.29, 0.717) is 0 Å². The molecule has 0 saturated heterocycles. The molecule has 0 aromatic heterocycles. The van der Waals surface area contributed by atoms with Crippen LogP contribution in [0.3, 0.4) is 0 Å². The van der Waals surface area contributed by atoms with Gasteiger partial charge in [-0.2, -0.15) is 0 Å². The Morgan fingerprint density at radius 1 is 0.895 bits per heavy atom. The molecule has 2 aromatic rings. The van der Waals surface area contributed by atoms with E-state index in [-0.39, 0.29) is 12.2 Å². The predicted octanol–water partition coefficient (Wildman–Crippen LogP) is 3.57. The highest BCUT2D eigenvalue weighted by Gasteiger charge is 2.12. The van der Waals surface area contributed by atoms with Crippen LogP contribution in [0.5, 0.6) is 0 Å². The second-order valence-corrected chi connectivity index (χ2v) is 3.74. The van der Waals surface area contributed by atoms with Crippen molar-refractivity contribution < 1.29 is 13.2 Å². The van der Waals surface area contributed by atoms with Crippen LogP contribution < -0.4 is 5.32 Å². The molecule has 0 aliphatic rings. The molecule has 0 unspecified atom stereocenters. The molecule has 0 bridgehead atoms. The van der Waals surface area contributed by atoms with Gasteiger partial charge < -0.3 is 5.32 Å². The summed E-state index contributed by atoms with van der Waals surface area (Å²) in [5, 5.41) is 2.60. The SMILES string of the molecule is Fc1ccc(NCC#Cc2ccccc2)c(F)c1F. The van der Waals surface area contributed by atoms with Gasteiger partial charge in [0, 0.05) is 5.56 Å². The van der Waals surface area contributed by atoms with E-state index >= 15 is 0 Å². The fourth-order valence-corrected chi connectivity index (χ4v) is 1.47. The summed E-state index contributed by atoms with van der Waals surface area (Å²) in [6, 6.07) is 11.3. The fourth-order valence-electron chi connectivity index (χ4n) is 1.47. The number of hydrogen-bond donors (Lipinski definition) is 1. The third-order valence-corrected chi connectivity index (χ3v) is 2.41. The van der Waals surface area contributed by atoms with E-state index in [4.69, 9.17) is 0 Å². The van der Waals surface area contributed by atoms with Crippen molar-refractivity contribution in [3.63, 3.8) is 0 Å². The Kier molecular flexibility index (Phi) is 4.09. The Morgan fingerprint density at radius 2 is 1.63 bits per heavy atom. The van der Waals surface area contributed by atoms with E-state index < -0.39 is 17.5 Å². The number of anilines is 1. The lowest BCUT2D eigenvalue weighted by molar-refractivity contribution is 0.449. The molecule has 0 spiro atoms. The molecule has 0 aliphatic heterocycles. The number of rotatable bonds is 2. The van der Waals surface area contributed by atoms with Gasteiger partial charge >= 0.3 is 0 Å². The normalized spacial score (nSPS) is 9.63. The van der Waals surface area contributed by atoms with Crippen LogP contribution in [0, 0.1) is 29.3 Å². The summed E-state index contributed by atoms with van der Waals surface area (Å²) in [7, 11) is 0. The Balaban J connectivity index is 2.01. The highest BCUT2D eigenvalue weighted by atomic mass is 19.2. The lowest BCUT2D eigenvalue weighted by Crippen LogP contribution is -2.03. The average molecular weight is 261 g/mol. The van der Waals surface area contributed by atoms with Crippen LogP contribution in [0.15, 0.2) is 42.5 Å². The Hall–Kier alpha value is -2.41. The van der Waals surface area contributed by atoms with Crippen molar-refractivity contribution in [3.8, 4) is 11.8 Å². The molecular weight excluding hydrogens is 251 g/mol. The zero-order valence-electron chi connectivity index (χ0n) is 9.88. The predicted molar refractivity (Wildman–Crippen MR) is 68.1 cm³/mol. The third-order valence-electron chi connectivity index (χ3n) is 2.41. The molecule has 0 heterocycles. The maximum absolute atomic E-state index is 13.3. The number of benzene rings is 2. The van der Waals surface area contributed by atoms with Crippen molar-refractivity contribution in [3.05, 3.63) is 65.5 Å². The summed E-state index contributed by atoms with van der Waals surface area (Å²) >= 11 is 0. The van der Waals surface area contributed by atoms with Crippen LogP contribution in [0.4, 0.5) is 18.9 Å². The lowest BCUT2D eigenvalue weighted by atomic mass is 10.2. The first-order chi connectivity index (χ1) is 9.18. The summed E-state index contributed by atoms with van der Waals surface area (Å²) in [5.74, 6) is 1.70. The van der Waals surface area contributed by atoms with E-state index in [0.717, 1.165) is 17.7 Å². The van der Waals surface area contributed by atoms with Gasteiger partial charge in [-0.05, 0) is 24.3 Å². The minimum absolute atomic E-state index is 0.110. The first-order valence-electron chi connectivity index (χ1n) is 5.60. The molecule has 2 rings (SSSR count). The van der Waals surface area contributed by atoms with Crippen molar-refractivity contribution in [1.29, 1.82) is 0 Å². The van der Waals surface area contributed by atoms with E-state index in [1.165, 1.54) is 0 Å². The molecule has 0 saturated carbocycles. The van der Waals surface area contributed by atoms with Crippen molar-refractivity contribution in [2.75, 3.05) is 11.9 Å². The monoisotopic (exact) mass is 261 g/mol. The molecule has 0 radical (unpaired) electrons. The van der Waals surface area contributed by atoms with Crippen LogP contribution in [-0.2, 0) is 0 Å². The van der Waals surface area contributed by atoms with Crippen LogP contribution in [0.2, 0.25) is 0 Å². The molecule has 1 N–H and O–H groups in total. The molecule has 0 aliphatic carbocycles. The van der Waals surface area contributed by atoms with Gasteiger partial charge in [0.25, 0.3) is 0 Å². The topological polar surface area (TPSA) is 12.0 Å². The summed E-state index contributed by atoms with van der Waals surface area (Å²) in [4.78, 5) is 0. The molecule has 96 valence electrons. The van der Waals surface area contributed by atoms with E-state index in [1.54, 1.807) is 0 Å². The summed E-state index contributed by atoms with van der Waals surface area (Å²) < 4.78 is 38.9. The Morgan fingerprint density at radius 3 is 2.37 bits per heavy atom. The second-order valence-electron chi connectivity index (χ2n) is 3.74. The molecule has 0 amide bonds. The van der Waals surface area contributed by atoms with Crippen molar-refractivity contribution in [2.45, 2.75) is 0 Å². The van der Waals surface area contributed by atoms with Crippen molar-refractivity contribution in [1.82, 2.24) is 0 Å². The molecule has 19 heavy (non-hydrogen) atoms. The first kappa shape index (κ1) is 13.0. The number of hydrogen-bond acceptors (Lipinski definition) is 1. The Labute approximate surface area is 109 Å². The summed E-state index contributed by atoms with van der Waals surface area (Å²) in [5.41, 5.74) is 0.719. The van der Waals surface area contributed by atoms with Gasteiger partial charge in [-0.25, -0.2) is 13.2 Å². The van der Waals surface area contributed by atoms with Gasteiger partial charge in [0.2, 0.25) is 0 Å². The molecular formula is C15H10F3N. The van der Waals surface area contributed by atoms with Gasteiger partial charge in [0.15, 0.2) is 17.5 Å². The molecule has 1 nitrogen and oxygen atoms in total.